The second kappa shape index (κ2) is 12.1. The number of anilines is 1. The summed E-state index contributed by atoms with van der Waals surface area (Å²) in [6.45, 7) is 0.866. The lowest BCUT2D eigenvalue weighted by Crippen LogP contribution is -2.50. The lowest BCUT2D eigenvalue weighted by atomic mass is 10.1. The minimum atomic E-state index is -0.695. The van der Waals surface area contributed by atoms with Crippen molar-refractivity contribution >= 4 is 34.4 Å². The Morgan fingerprint density at radius 1 is 1.06 bits per heavy atom. The van der Waals surface area contributed by atoms with Gasteiger partial charge in [-0.1, -0.05) is 60.7 Å². The third-order valence-corrected chi connectivity index (χ3v) is 6.57. The van der Waals surface area contributed by atoms with E-state index in [0.29, 0.717) is 37.5 Å². The number of rotatable bonds is 9. The number of amides is 3. The second-order valence-electron chi connectivity index (χ2n) is 8.22. The second-order valence-corrected chi connectivity index (χ2v) is 9.09. The molecule has 0 bridgehead atoms. The average Bonchev–Trinajstić information content (AvgIpc) is 3.59. The summed E-state index contributed by atoms with van der Waals surface area (Å²) in [5.41, 5.74) is 2.00. The average molecular weight is 493 g/mol. The van der Waals surface area contributed by atoms with Crippen LogP contribution in [0.5, 0.6) is 0 Å². The van der Waals surface area contributed by atoms with E-state index in [0.717, 1.165) is 11.1 Å². The van der Waals surface area contributed by atoms with Gasteiger partial charge in [-0.05, 0) is 30.4 Å². The lowest BCUT2D eigenvalue weighted by molar-refractivity contribution is -0.126. The fraction of sp³-hybridized carbons (Fsp3) is 0.308. The standard InChI is InChI=1S/C26H28N4O4S/c31-23(27-14-13-20-8-3-1-4-9-20)18-30(25-28-15-17-35-25)24(32)22-12-7-16-29(22)26(33)34-19-21-10-5-2-6-11-21/h1-6,8-11,15,17,22H,7,12-14,16,18-19H2,(H,27,31). The quantitative estimate of drug-likeness (QED) is 0.493. The van der Waals surface area contributed by atoms with Crippen LogP contribution >= 0.6 is 11.3 Å². The summed E-state index contributed by atoms with van der Waals surface area (Å²) < 4.78 is 5.46. The lowest BCUT2D eigenvalue weighted by Gasteiger charge is -2.28. The van der Waals surface area contributed by atoms with Gasteiger partial charge in [-0.25, -0.2) is 9.78 Å². The van der Waals surface area contributed by atoms with E-state index in [9.17, 15) is 14.4 Å². The van der Waals surface area contributed by atoms with Crippen molar-refractivity contribution in [2.24, 2.45) is 0 Å². The van der Waals surface area contributed by atoms with E-state index in [2.05, 4.69) is 10.3 Å². The van der Waals surface area contributed by atoms with E-state index in [-0.39, 0.29) is 25.0 Å². The molecule has 8 nitrogen and oxygen atoms in total. The normalized spacial score (nSPS) is 15.0. The number of nitrogens with zero attached hydrogens (tertiary/aromatic N) is 3. The molecule has 4 rings (SSSR count). The number of nitrogens with one attached hydrogen (secondary N) is 1. The summed E-state index contributed by atoms with van der Waals surface area (Å²) in [5.74, 6) is -0.604. The number of likely N-dealkylation sites (tertiary alicyclic amines) is 1. The molecule has 1 saturated heterocycles. The molecule has 0 radical (unpaired) electrons. The van der Waals surface area contributed by atoms with Crippen molar-refractivity contribution < 1.29 is 19.1 Å². The van der Waals surface area contributed by atoms with Gasteiger partial charge in [-0.3, -0.25) is 19.4 Å². The third-order valence-electron chi connectivity index (χ3n) is 5.77. The molecule has 0 saturated carbocycles. The Kier molecular flexibility index (Phi) is 8.45. The van der Waals surface area contributed by atoms with Crippen LogP contribution in [0.15, 0.2) is 72.2 Å². The fourth-order valence-electron chi connectivity index (χ4n) is 4.00. The van der Waals surface area contributed by atoms with Crippen molar-refractivity contribution in [2.45, 2.75) is 31.9 Å². The number of carbonyl (C=O) groups excluding carboxylic acids is 3. The summed E-state index contributed by atoms with van der Waals surface area (Å²) in [4.78, 5) is 46.1. The molecular formula is C26H28N4O4S. The third kappa shape index (κ3) is 6.66. The molecule has 1 aliphatic heterocycles. The largest absolute Gasteiger partial charge is 0.445 e. The Balaban J connectivity index is 1.37. The van der Waals surface area contributed by atoms with Crippen LogP contribution in [0.3, 0.4) is 0 Å². The van der Waals surface area contributed by atoms with Gasteiger partial charge in [0.1, 0.15) is 19.2 Å². The van der Waals surface area contributed by atoms with Gasteiger partial charge in [0.2, 0.25) is 5.91 Å². The van der Waals surface area contributed by atoms with Gasteiger partial charge in [-0.15, -0.1) is 11.3 Å². The van der Waals surface area contributed by atoms with Crippen LogP contribution in [0.1, 0.15) is 24.0 Å². The van der Waals surface area contributed by atoms with Crippen LogP contribution in [0.2, 0.25) is 0 Å². The summed E-state index contributed by atoms with van der Waals surface area (Å²) in [5, 5.41) is 5.06. The summed E-state index contributed by atoms with van der Waals surface area (Å²) in [6, 6.07) is 18.6. The maximum atomic E-state index is 13.5. The molecular weight excluding hydrogens is 464 g/mol. The van der Waals surface area contributed by atoms with Crippen LogP contribution < -0.4 is 10.2 Å². The first-order chi connectivity index (χ1) is 17.1. The molecule has 182 valence electrons. The van der Waals surface area contributed by atoms with Gasteiger partial charge >= 0.3 is 6.09 Å². The van der Waals surface area contributed by atoms with Crippen molar-refractivity contribution in [1.82, 2.24) is 15.2 Å². The van der Waals surface area contributed by atoms with Crippen LogP contribution in [-0.4, -0.2) is 53.5 Å². The molecule has 2 aromatic carbocycles. The summed E-state index contributed by atoms with van der Waals surface area (Å²) in [6.07, 6.45) is 2.95. The number of carbonyl (C=O) groups is 3. The zero-order chi connectivity index (χ0) is 24.5. The van der Waals surface area contributed by atoms with E-state index in [1.54, 1.807) is 11.6 Å². The monoisotopic (exact) mass is 492 g/mol. The highest BCUT2D eigenvalue weighted by Gasteiger charge is 2.39. The Morgan fingerprint density at radius 2 is 1.77 bits per heavy atom. The molecule has 9 heteroatoms. The Labute approximate surface area is 208 Å². The molecule has 1 unspecified atom stereocenters. The Hall–Kier alpha value is -3.72. The maximum Gasteiger partial charge on any atom is 0.410 e. The molecule has 1 aliphatic rings. The van der Waals surface area contributed by atoms with Gasteiger partial charge in [0.15, 0.2) is 5.13 Å². The van der Waals surface area contributed by atoms with Crippen LogP contribution in [0, 0.1) is 0 Å². The Bertz CT molecular complexity index is 1110. The first-order valence-corrected chi connectivity index (χ1v) is 12.5. The van der Waals surface area contributed by atoms with Gasteiger partial charge < -0.3 is 10.1 Å². The highest BCUT2D eigenvalue weighted by molar-refractivity contribution is 7.13. The molecule has 1 aromatic heterocycles. The summed E-state index contributed by atoms with van der Waals surface area (Å²) >= 11 is 1.28. The van der Waals surface area contributed by atoms with Crippen molar-refractivity contribution in [3.05, 3.63) is 83.4 Å². The number of hydrogen-bond acceptors (Lipinski definition) is 6. The van der Waals surface area contributed by atoms with E-state index < -0.39 is 12.1 Å². The first-order valence-electron chi connectivity index (χ1n) is 11.6. The van der Waals surface area contributed by atoms with Gasteiger partial charge in [-0.2, -0.15) is 0 Å². The minimum Gasteiger partial charge on any atom is -0.445 e. The van der Waals surface area contributed by atoms with Crippen LogP contribution in [0.4, 0.5) is 9.93 Å². The topological polar surface area (TPSA) is 91.8 Å². The fourth-order valence-corrected chi connectivity index (χ4v) is 4.65. The molecule has 1 atom stereocenters. The SMILES string of the molecule is O=C(CN(C(=O)C1CCCN1C(=O)OCc1ccccc1)c1nccs1)NCCc1ccccc1. The highest BCUT2D eigenvalue weighted by atomic mass is 32.1. The van der Waals surface area contributed by atoms with Crippen molar-refractivity contribution in [3.8, 4) is 0 Å². The van der Waals surface area contributed by atoms with Crippen LogP contribution in [0.25, 0.3) is 0 Å². The Morgan fingerprint density at radius 3 is 2.46 bits per heavy atom. The van der Waals surface area contributed by atoms with E-state index >= 15 is 0 Å². The number of aromatic nitrogens is 1. The van der Waals surface area contributed by atoms with Crippen molar-refractivity contribution in [1.29, 1.82) is 0 Å². The smallest absolute Gasteiger partial charge is 0.410 e. The molecule has 0 aliphatic carbocycles. The molecule has 3 aromatic rings. The van der Waals surface area contributed by atoms with Gasteiger partial charge in [0.05, 0.1) is 0 Å². The first kappa shape index (κ1) is 24.4. The number of thiazole rings is 1. The van der Waals surface area contributed by atoms with Crippen molar-refractivity contribution in [3.63, 3.8) is 0 Å². The molecule has 3 amide bonds. The summed E-state index contributed by atoms with van der Waals surface area (Å²) in [7, 11) is 0. The predicted molar refractivity (Wildman–Crippen MR) is 134 cm³/mol. The molecule has 2 heterocycles. The van der Waals surface area contributed by atoms with E-state index in [4.69, 9.17) is 4.74 Å². The maximum absolute atomic E-state index is 13.5. The van der Waals surface area contributed by atoms with Gasteiger partial charge in [0, 0.05) is 24.7 Å². The molecule has 0 spiro atoms. The molecule has 1 N–H and O–H groups in total. The minimum absolute atomic E-state index is 0.136. The zero-order valence-electron chi connectivity index (χ0n) is 19.3. The predicted octanol–water partition coefficient (Wildman–Crippen LogP) is 3.64. The highest BCUT2D eigenvalue weighted by Crippen LogP contribution is 2.25. The van der Waals surface area contributed by atoms with Crippen molar-refractivity contribution in [2.75, 3.05) is 24.5 Å². The molecule has 1 fully saturated rings. The van der Waals surface area contributed by atoms with Crippen LogP contribution in [-0.2, 0) is 27.4 Å². The zero-order valence-corrected chi connectivity index (χ0v) is 20.2. The number of ether oxygens (including phenoxy) is 1. The van der Waals surface area contributed by atoms with Gasteiger partial charge in [0.25, 0.3) is 5.91 Å². The van der Waals surface area contributed by atoms with E-state index in [1.165, 1.54) is 21.1 Å². The molecule has 35 heavy (non-hydrogen) atoms. The van der Waals surface area contributed by atoms with E-state index in [1.807, 2.05) is 60.7 Å². The number of benzene rings is 2. The number of hydrogen-bond donors (Lipinski definition) is 1.